The number of fused-ring (bicyclic) bond motifs is 4. The second kappa shape index (κ2) is 8.92. The molecule has 6 nitrogen and oxygen atoms in total. The highest BCUT2D eigenvalue weighted by atomic mass is 32.1. The summed E-state index contributed by atoms with van der Waals surface area (Å²) in [6, 6.07) is 13.2. The van der Waals surface area contributed by atoms with Crippen LogP contribution in [0.15, 0.2) is 47.6 Å². The molecule has 3 aliphatic rings. The van der Waals surface area contributed by atoms with E-state index in [0.717, 1.165) is 59.2 Å². The van der Waals surface area contributed by atoms with Crippen molar-refractivity contribution in [1.29, 1.82) is 0 Å². The quantitative estimate of drug-likeness (QED) is 0.451. The summed E-state index contributed by atoms with van der Waals surface area (Å²) < 4.78 is 26.4. The number of ether oxygens (including phenoxy) is 2. The van der Waals surface area contributed by atoms with Crippen LogP contribution in [0, 0.1) is 23.6 Å². The molecule has 3 aliphatic heterocycles. The Morgan fingerprint density at radius 1 is 1.11 bits per heavy atom. The number of nitrogens with zero attached hydrogens (tertiary/aromatic N) is 3. The Bertz CT molecular complexity index is 1320. The topological polar surface area (TPSA) is 46.5 Å². The molecule has 2 fully saturated rings. The zero-order valence-electron chi connectivity index (χ0n) is 21.2. The first-order valence-corrected chi connectivity index (χ1v) is 13.4. The fraction of sp³-hybridized carbons (Fsp3) is 0.464. The van der Waals surface area contributed by atoms with Gasteiger partial charge >= 0.3 is 0 Å². The van der Waals surface area contributed by atoms with E-state index in [2.05, 4.69) is 29.7 Å². The number of thiophene rings is 1. The first-order chi connectivity index (χ1) is 17.4. The molecule has 1 spiro atoms. The van der Waals surface area contributed by atoms with Crippen LogP contribution in [0.3, 0.4) is 0 Å². The van der Waals surface area contributed by atoms with Crippen LogP contribution < -0.4 is 9.47 Å². The van der Waals surface area contributed by atoms with Gasteiger partial charge in [-0.1, -0.05) is 31.1 Å². The molecule has 190 valence electrons. The van der Waals surface area contributed by atoms with Gasteiger partial charge in [-0.3, -0.25) is 0 Å². The van der Waals surface area contributed by atoms with E-state index >= 15 is 0 Å². The molecular formula is C28H32FN3O3S. The number of piperidine rings is 2. The Morgan fingerprint density at radius 3 is 2.75 bits per heavy atom. The van der Waals surface area contributed by atoms with E-state index in [9.17, 15) is 4.39 Å². The van der Waals surface area contributed by atoms with Crippen LogP contribution in [0.5, 0.6) is 11.5 Å². The van der Waals surface area contributed by atoms with Crippen molar-refractivity contribution >= 4 is 27.3 Å². The number of benzene rings is 2. The SMILES string of the molecule is COc1ccc(CN2C(c3cc4cccc(F)c4s3)=NOC23C(C)CN2CC(C)CC3C2)c(OC)c1. The van der Waals surface area contributed by atoms with Crippen molar-refractivity contribution in [3.05, 3.63) is 58.7 Å². The van der Waals surface area contributed by atoms with Crippen molar-refractivity contribution in [2.45, 2.75) is 32.5 Å². The number of amidine groups is 1. The van der Waals surface area contributed by atoms with Crippen molar-refractivity contribution < 1.29 is 18.7 Å². The smallest absolute Gasteiger partial charge is 0.219 e. The third kappa shape index (κ3) is 3.65. The van der Waals surface area contributed by atoms with Gasteiger partial charge in [-0.2, -0.15) is 0 Å². The lowest BCUT2D eigenvalue weighted by Gasteiger charge is -2.55. The highest BCUT2D eigenvalue weighted by Crippen LogP contribution is 2.49. The predicted octanol–water partition coefficient (Wildman–Crippen LogP) is 5.56. The van der Waals surface area contributed by atoms with E-state index in [1.54, 1.807) is 20.3 Å². The Kier molecular flexibility index (Phi) is 5.84. The standard InChI is InChI=1S/C28H32FN3O3S/c1-17-10-21-16-31(13-17)14-18(2)28(21)32(15-20-8-9-22(33-3)12-24(20)34-4)27(30-35-28)25-11-19-6-5-7-23(29)26(19)36-25/h5-9,11-12,17-18,21H,10,13-16H2,1-4H3. The molecular weight excluding hydrogens is 477 g/mol. The Hall–Kier alpha value is -2.84. The molecule has 0 radical (unpaired) electrons. The minimum atomic E-state index is -0.569. The summed E-state index contributed by atoms with van der Waals surface area (Å²) in [7, 11) is 3.34. The van der Waals surface area contributed by atoms with Gasteiger partial charge in [0, 0.05) is 43.1 Å². The molecule has 4 heterocycles. The second-order valence-corrected chi connectivity index (χ2v) is 11.5. The fourth-order valence-corrected chi connectivity index (χ4v) is 7.58. The fourth-order valence-electron chi connectivity index (χ4n) is 6.53. The molecule has 8 heteroatoms. The maximum Gasteiger partial charge on any atom is 0.219 e. The van der Waals surface area contributed by atoms with Gasteiger partial charge in [0.05, 0.1) is 30.3 Å². The Morgan fingerprint density at radius 2 is 1.97 bits per heavy atom. The summed E-state index contributed by atoms with van der Waals surface area (Å²) >= 11 is 1.43. The summed E-state index contributed by atoms with van der Waals surface area (Å²) in [6.45, 7) is 8.25. The largest absolute Gasteiger partial charge is 0.497 e. The van der Waals surface area contributed by atoms with Crippen LogP contribution in [0.25, 0.3) is 10.1 Å². The minimum Gasteiger partial charge on any atom is -0.497 e. The molecule has 2 saturated heterocycles. The highest BCUT2D eigenvalue weighted by Gasteiger charge is 2.60. The normalized spacial score (nSPS) is 29.4. The highest BCUT2D eigenvalue weighted by molar-refractivity contribution is 7.20. The van der Waals surface area contributed by atoms with Crippen LogP contribution in [0.4, 0.5) is 4.39 Å². The lowest BCUT2D eigenvalue weighted by Crippen LogP contribution is -2.67. The predicted molar refractivity (Wildman–Crippen MR) is 140 cm³/mol. The molecule has 0 N–H and O–H groups in total. The molecule has 0 amide bonds. The summed E-state index contributed by atoms with van der Waals surface area (Å²) in [4.78, 5) is 12.4. The van der Waals surface area contributed by atoms with Crippen molar-refractivity contribution in [2.24, 2.45) is 22.9 Å². The third-order valence-corrected chi connectivity index (χ3v) is 9.21. The third-order valence-electron chi connectivity index (χ3n) is 8.05. The molecule has 1 aromatic heterocycles. The zero-order valence-corrected chi connectivity index (χ0v) is 22.0. The summed E-state index contributed by atoms with van der Waals surface area (Å²) in [6.07, 6.45) is 1.08. The monoisotopic (exact) mass is 509 g/mol. The summed E-state index contributed by atoms with van der Waals surface area (Å²) in [5.41, 5.74) is 0.460. The summed E-state index contributed by atoms with van der Waals surface area (Å²) in [5.74, 6) is 3.22. The van der Waals surface area contributed by atoms with E-state index in [4.69, 9.17) is 19.5 Å². The number of rotatable bonds is 5. The van der Waals surface area contributed by atoms with Crippen molar-refractivity contribution in [1.82, 2.24) is 9.80 Å². The maximum absolute atomic E-state index is 14.6. The average molecular weight is 510 g/mol. The molecule has 0 aliphatic carbocycles. The number of oxime groups is 1. The molecule has 3 aromatic rings. The Balaban J connectivity index is 1.46. The first-order valence-electron chi connectivity index (χ1n) is 12.6. The minimum absolute atomic E-state index is 0.205. The number of hydrogen-bond donors (Lipinski definition) is 0. The van der Waals surface area contributed by atoms with Gasteiger partial charge in [0.2, 0.25) is 5.72 Å². The molecule has 0 saturated carbocycles. The molecule has 2 bridgehead atoms. The maximum atomic E-state index is 14.6. The van der Waals surface area contributed by atoms with E-state index in [0.29, 0.717) is 23.1 Å². The molecule has 2 aromatic carbocycles. The lowest BCUT2D eigenvalue weighted by atomic mass is 9.72. The van der Waals surface area contributed by atoms with Gasteiger partial charge in [0.1, 0.15) is 17.3 Å². The van der Waals surface area contributed by atoms with Crippen LogP contribution >= 0.6 is 11.3 Å². The van der Waals surface area contributed by atoms with Crippen LogP contribution in [0.1, 0.15) is 30.7 Å². The van der Waals surface area contributed by atoms with Crippen LogP contribution in [-0.2, 0) is 11.4 Å². The van der Waals surface area contributed by atoms with E-state index in [-0.39, 0.29) is 11.7 Å². The van der Waals surface area contributed by atoms with Gasteiger partial charge in [0.15, 0.2) is 5.84 Å². The molecule has 36 heavy (non-hydrogen) atoms. The van der Waals surface area contributed by atoms with Gasteiger partial charge in [-0.25, -0.2) is 4.39 Å². The zero-order chi connectivity index (χ0) is 25.0. The van der Waals surface area contributed by atoms with E-state index in [1.807, 2.05) is 24.3 Å². The van der Waals surface area contributed by atoms with Crippen molar-refractivity contribution in [3.63, 3.8) is 0 Å². The van der Waals surface area contributed by atoms with Gasteiger partial charge in [-0.15, -0.1) is 11.3 Å². The number of halogens is 1. The van der Waals surface area contributed by atoms with Gasteiger partial charge < -0.3 is 24.1 Å². The summed E-state index contributed by atoms with van der Waals surface area (Å²) in [5, 5.41) is 5.63. The number of methoxy groups -OCH3 is 2. The van der Waals surface area contributed by atoms with Gasteiger partial charge in [0.25, 0.3) is 0 Å². The molecule has 5 atom stereocenters. The van der Waals surface area contributed by atoms with Crippen LogP contribution in [0.2, 0.25) is 0 Å². The second-order valence-electron chi connectivity index (χ2n) is 10.4. The lowest BCUT2D eigenvalue weighted by molar-refractivity contribution is -0.218. The number of hydrogen-bond acceptors (Lipinski definition) is 7. The van der Waals surface area contributed by atoms with Crippen molar-refractivity contribution in [3.8, 4) is 11.5 Å². The average Bonchev–Trinajstić information content (AvgIpc) is 3.46. The van der Waals surface area contributed by atoms with Gasteiger partial charge in [-0.05, 0) is 42.0 Å². The van der Waals surface area contributed by atoms with E-state index in [1.165, 1.54) is 17.4 Å². The first kappa shape index (κ1) is 23.6. The Labute approximate surface area is 215 Å². The van der Waals surface area contributed by atoms with Crippen LogP contribution in [-0.4, -0.2) is 55.2 Å². The van der Waals surface area contributed by atoms with Crippen molar-refractivity contribution in [2.75, 3.05) is 33.9 Å². The molecule has 5 unspecified atom stereocenters. The van der Waals surface area contributed by atoms with E-state index < -0.39 is 5.72 Å². The molecule has 6 rings (SSSR count).